The Balaban J connectivity index is 2.37. The fraction of sp³-hybridized carbons (Fsp3) is 0.375. The van der Waals surface area contributed by atoms with Crippen LogP contribution in [0, 0.1) is 12.7 Å². The molecule has 0 spiro atoms. The molecule has 1 heterocycles. The Morgan fingerprint density at radius 2 is 2.14 bits per heavy atom. The third kappa shape index (κ3) is 3.29. The molecule has 1 unspecified atom stereocenters. The number of hydrogen-bond donors (Lipinski definition) is 1. The molecule has 2 aromatic rings. The lowest BCUT2D eigenvalue weighted by molar-refractivity contribution is -0.130. The van der Waals surface area contributed by atoms with Crippen molar-refractivity contribution in [2.24, 2.45) is 0 Å². The van der Waals surface area contributed by atoms with Gasteiger partial charge >= 0.3 is 0 Å². The second-order valence-corrected chi connectivity index (χ2v) is 5.19. The van der Waals surface area contributed by atoms with E-state index in [1.807, 2.05) is 19.9 Å². The largest absolute Gasteiger partial charge is 0.373 e. The number of halogens is 1. The molecule has 0 aliphatic rings. The van der Waals surface area contributed by atoms with E-state index in [0.717, 1.165) is 11.4 Å². The lowest BCUT2D eigenvalue weighted by Crippen LogP contribution is -2.38. The third-order valence-corrected chi connectivity index (χ3v) is 3.49. The van der Waals surface area contributed by atoms with Crippen molar-refractivity contribution in [3.8, 4) is 0 Å². The van der Waals surface area contributed by atoms with Crippen LogP contribution in [-0.4, -0.2) is 35.4 Å². The van der Waals surface area contributed by atoms with Crippen molar-refractivity contribution in [2.45, 2.75) is 26.8 Å². The average molecular weight is 289 g/mol. The molecule has 0 aliphatic heterocycles. The first-order valence-electron chi connectivity index (χ1n) is 7.00. The molecule has 0 bridgehead atoms. The van der Waals surface area contributed by atoms with Crippen molar-refractivity contribution in [1.29, 1.82) is 0 Å². The van der Waals surface area contributed by atoms with Gasteiger partial charge in [0.05, 0.1) is 5.52 Å². The van der Waals surface area contributed by atoms with Crippen LogP contribution in [0.4, 0.5) is 10.1 Å². The van der Waals surface area contributed by atoms with Crippen molar-refractivity contribution in [2.75, 3.05) is 18.9 Å². The van der Waals surface area contributed by atoms with Crippen LogP contribution in [0.25, 0.3) is 10.9 Å². The molecule has 21 heavy (non-hydrogen) atoms. The number of fused-ring (bicyclic) bond motifs is 1. The van der Waals surface area contributed by atoms with Gasteiger partial charge in [-0.3, -0.25) is 9.78 Å². The van der Waals surface area contributed by atoms with E-state index in [0.29, 0.717) is 17.4 Å². The molecule has 0 saturated heterocycles. The Morgan fingerprint density at radius 1 is 1.43 bits per heavy atom. The number of nitrogens with one attached hydrogen (secondary N) is 1. The Labute approximate surface area is 124 Å². The van der Waals surface area contributed by atoms with E-state index in [4.69, 9.17) is 0 Å². The smallest absolute Gasteiger partial charge is 0.244 e. The highest BCUT2D eigenvalue weighted by molar-refractivity contribution is 5.94. The minimum atomic E-state index is -0.386. The highest BCUT2D eigenvalue weighted by Crippen LogP contribution is 2.24. The zero-order chi connectivity index (χ0) is 15.6. The van der Waals surface area contributed by atoms with E-state index in [1.165, 1.54) is 12.1 Å². The van der Waals surface area contributed by atoms with Gasteiger partial charge in [-0.1, -0.05) is 0 Å². The van der Waals surface area contributed by atoms with Crippen LogP contribution >= 0.6 is 0 Å². The van der Waals surface area contributed by atoms with E-state index in [-0.39, 0.29) is 17.8 Å². The maximum Gasteiger partial charge on any atom is 0.244 e. The fourth-order valence-corrected chi connectivity index (χ4v) is 2.23. The van der Waals surface area contributed by atoms with Crippen molar-refractivity contribution < 1.29 is 9.18 Å². The van der Waals surface area contributed by atoms with E-state index in [9.17, 15) is 9.18 Å². The summed E-state index contributed by atoms with van der Waals surface area (Å²) >= 11 is 0. The first-order chi connectivity index (χ1) is 9.92. The monoisotopic (exact) mass is 289 g/mol. The molecule has 0 radical (unpaired) electrons. The number of carbonyl (C=O) groups is 1. The molecule has 1 N–H and O–H groups in total. The lowest BCUT2D eigenvalue weighted by Gasteiger charge is -2.22. The van der Waals surface area contributed by atoms with Crippen LogP contribution in [0.15, 0.2) is 24.3 Å². The molecule has 112 valence electrons. The quantitative estimate of drug-likeness (QED) is 0.941. The topological polar surface area (TPSA) is 45.2 Å². The highest BCUT2D eigenvalue weighted by atomic mass is 19.1. The van der Waals surface area contributed by atoms with Gasteiger partial charge in [-0.15, -0.1) is 0 Å². The predicted octanol–water partition coefficient (Wildman–Crippen LogP) is 2.96. The normalized spacial score (nSPS) is 12.2. The van der Waals surface area contributed by atoms with Gasteiger partial charge in [0.25, 0.3) is 0 Å². The molecule has 4 nitrogen and oxygen atoms in total. The van der Waals surface area contributed by atoms with Crippen LogP contribution in [0.1, 0.15) is 19.5 Å². The molecular formula is C16H20FN3O. The lowest BCUT2D eigenvalue weighted by atomic mass is 10.1. The van der Waals surface area contributed by atoms with Gasteiger partial charge in [0.2, 0.25) is 5.91 Å². The third-order valence-electron chi connectivity index (χ3n) is 3.49. The molecule has 0 fully saturated rings. The molecule has 1 atom stereocenters. The van der Waals surface area contributed by atoms with Crippen LogP contribution in [-0.2, 0) is 4.79 Å². The minimum absolute atomic E-state index is 0.00322. The maximum atomic E-state index is 13.5. The zero-order valence-electron chi connectivity index (χ0n) is 12.8. The second-order valence-electron chi connectivity index (χ2n) is 5.19. The molecule has 1 aromatic carbocycles. The van der Waals surface area contributed by atoms with Crippen LogP contribution in [0.3, 0.4) is 0 Å². The van der Waals surface area contributed by atoms with Gasteiger partial charge in [-0.25, -0.2) is 4.39 Å². The number of nitrogens with zero attached hydrogens (tertiary/aromatic N) is 2. The summed E-state index contributed by atoms with van der Waals surface area (Å²) in [6.07, 6.45) is 0. The van der Waals surface area contributed by atoms with E-state index in [2.05, 4.69) is 10.3 Å². The van der Waals surface area contributed by atoms with Crippen LogP contribution in [0.5, 0.6) is 0 Å². The fourth-order valence-electron chi connectivity index (χ4n) is 2.23. The Bertz CT molecular complexity index is 672. The summed E-state index contributed by atoms with van der Waals surface area (Å²) in [7, 11) is 1.76. The molecule has 0 aliphatic carbocycles. The number of benzene rings is 1. The molecule has 0 saturated carbocycles. The first-order valence-corrected chi connectivity index (χ1v) is 7.00. The first kappa shape index (κ1) is 15.2. The number of carbonyl (C=O) groups excluding carboxylic acids is 1. The number of pyridine rings is 1. The van der Waals surface area contributed by atoms with Gasteiger partial charge in [-0.2, -0.15) is 0 Å². The maximum absolute atomic E-state index is 13.5. The Morgan fingerprint density at radius 3 is 2.81 bits per heavy atom. The number of aryl methyl sites for hydroxylation is 1. The molecule has 2 rings (SSSR count). The summed E-state index contributed by atoms with van der Waals surface area (Å²) in [4.78, 5) is 18.2. The van der Waals surface area contributed by atoms with Crippen molar-refractivity contribution in [1.82, 2.24) is 9.88 Å². The molecule has 1 aromatic heterocycles. The number of anilines is 1. The Kier molecular flexibility index (Phi) is 4.40. The predicted molar refractivity (Wildman–Crippen MR) is 82.8 cm³/mol. The van der Waals surface area contributed by atoms with E-state index in [1.54, 1.807) is 24.9 Å². The molecule has 1 amide bonds. The van der Waals surface area contributed by atoms with E-state index < -0.39 is 0 Å². The number of rotatable bonds is 4. The highest BCUT2D eigenvalue weighted by Gasteiger charge is 2.17. The SMILES string of the molecule is CCN(C)C(=O)C(C)Nc1cc(C)nc2ccc(F)cc12. The second kappa shape index (κ2) is 6.08. The van der Waals surface area contributed by atoms with Crippen molar-refractivity contribution in [3.05, 3.63) is 35.8 Å². The van der Waals surface area contributed by atoms with Crippen molar-refractivity contribution >= 4 is 22.5 Å². The number of hydrogen-bond acceptors (Lipinski definition) is 3. The summed E-state index contributed by atoms with van der Waals surface area (Å²) < 4.78 is 13.5. The van der Waals surface area contributed by atoms with Gasteiger partial charge in [0, 0.05) is 30.4 Å². The summed E-state index contributed by atoms with van der Waals surface area (Å²) in [6.45, 7) is 6.25. The number of aromatic nitrogens is 1. The van der Waals surface area contributed by atoms with Gasteiger partial charge in [-0.05, 0) is 45.0 Å². The summed E-state index contributed by atoms with van der Waals surface area (Å²) in [5.74, 6) is -0.322. The number of likely N-dealkylation sites (N-methyl/N-ethyl adjacent to an activating group) is 1. The number of amides is 1. The standard InChI is InChI=1S/C16H20FN3O/c1-5-20(4)16(21)11(3)19-15-8-10(2)18-14-7-6-12(17)9-13(14)15/h6-9,11H,5H2,1-4H3,(H,18,19). The molecular weight excluding hydrogens is 269 g/mol. The Hall–Kier alpha value is -2.17. The van der Waals surface area contributed by atoms with Gasteiger partial charge in [0.15, 0.2) is 0 Å². The van der Waals surface area contributed by atoms with Crippen LogP contribution in [0.2, 0.25) is 0 Å². The summed E-state index contributed by atoms with van der Waals surface area (Å²) in [6, 6.07) is 5.91. The van der Waals surface area contributed by atoms with Crippen LogP contribution < -0.4 is 5.32 Å². The summed E-state index contributed by atoms with van der Waals surface area (Å²) in [5.41, 5.74) is 2.25. The molecule has 5 heteroatoms. The van der Waals surface area contributed by atoms with Gasteiger partial charge < -0.3 is 10.2 Å². The van der Waals surface area contributed by atoms with Crippen molar-refractivity contribution in [3.63, 3.8) is 0 Å². The average Bonchev–Trinajstić information content (AvgIpc) is 2.46. The minimum Gasteiger partial charge on any atom is -0.373 e. The van der Waals surface area contributed by atoms with Gasteiger partial charge in [0.1, 0.15) is 11.9 Å². The van der Waals surface area contributed by atoms with E-state index >= 15 is 0 Å². The summed E-state index contributed by atoms with van der Waals surface area (Å²) in [5, 5.41) is 3.85. The zero-order valence-corrected chi connectivity index (χ0v) is 12.8.